The Bertz CT molecular complexity index is 915. The third kappa shape index (κ3) is 4.16. The number of carbonyl (C=O) groups is 2. The quantitative estimate of drug-likeness (QED) is 0.727. The number of rotatable bonds is 4. The van der Waals surface area contributed by atoms with Crippen LogP contribution in [-0.2, 0) is 15.8 Å². The van der Waals surface area contributed by atoms with Gasteiger partial charge in [-0.3, -0.25) is 13.9 Å². The highest BCUT2D eigenvalue weighted by atomic mass is 79.9. The van der Waals surface area contributed by atoms with E-state index in [0.29, 0.717) is 17.2 Å². The molecule has 2 saturated heterocycles. The predicted octanol–water partition coefficient (Wildman–Crippen LogP) is 3.31. The molecule has 3 heterocycles. The van der Waals surface area contributed by atoms with Crippen molar-refractivity contribution < 1.29 is 13.8 Å². The number of benzene rings is 1. The van der Waals surface area contributed by atoms with Crippen molar-refractivity contribution in [3.63, 3.8) is 0 Å². The van der Waals surface area contributed by atoms with Crippen LogP contribution >= 0.6 is 27.3 Å². The molecule has 148 valence electrons. The van der Waals surface area contributed by atoms with Crippen molar-refractivity contribution in [3.05, 3.63) is 45.1 Å². The average molecular weight is 482 g/mol. The Morgan fingerprint density at radius 3 is 2.57 bits per heavy atom. The summed E-state index contributed by atoms with van der Waals surface area (Å²) in [6.45, 7) is 1.24. The molecule has 2 fully saturated rings. The molecule has 1 N–H and O–H groups in total. The molecule has 28 heavy (non-hydrogen) atoms. The average Bonchev–Trinajstić information content (AvgIpc) is 3.28. The van der Waals surface area contributed by atoms with Crippen molar-refractivity contribution in [2.24, 2.45) is 0 Å². The van der Waals surface area contributed by atoms with Crippen molar-refractivity contribution in [2.75, 3.05) is 28.0 Å². The third-order valence-electron chi connectivity index (χ3n) is 4.88. The summed E-state index contributed by atoms with van der Waals surface area (Å²) in [5, 5.41) is 2.95. The van der Waals surface area contributed by atoms with Gasteiger partial charge < -0.3 is 10.2 Å². The topological polar surface area (TPSA) is 69.7 Å². The Labute approximate surface area is 178 Å². The summed E-state index contributed by atoms with van der Waals surface area (Å²) in [5.74, 6) is 0.541. The number of carbonyl (C=O) groups excluding carboxylic acids is 2. The van der Waals surface area contributed by atoms with Crippen molar-refractivity contribution in [1.82, 2.24) is 5.32 Å². The normalized spacial score (nSPS) is 22.5. The van der Waals surface area contributed by atoms with Crippen LogP contribution < -0.4 is 14.5 Å². The van der Waals surface area contributed by atoms with Crippen LogP contribution in [0.2, 0.25) is 0 Å². The molecule has 2 atom stereocenters. The van der Waals surface area contributed by atoms with E-state index in [4.69, 9.17) is 0 Å². The first kappa shape index (κ1) is 19.6. The number of halogens is 1. The zero-order valence-corrected chi connectivity index (χ0v) is 18.3. The molecule has 1 aromatic carbocycles. The lowest BCUT2D eigenvalue weighted by Gasteiger charge is -2.27. The first-order chi connectivity index (χ1) is 13.5. The highest BCUT2D eigenvalue weighted by molar-refractivity contribution is 9.11. The molecule has 4 rings (SSSR count). The van der Waals surface area contributed by atoms with Crippen LogP contribution in [0.1, 0.15) is 28.9 Å². The van der Waals surface area contributed by atoms with E-state index < -0.39 is 11.0 Å². The second-order valence-electron chi connectivity index (χ2n) is 6.83. The number of anilines is 2. The third-order valence-corrected chi connectivity index (χ3v) is 8.03. The molecular weight excluding hydrogens is 462 g/mol. The molecule has 2 amide bonds. The summed E-state index contributed by atoms with van der Waals surface area (Å²) in [5.41, 5.74) is 1.72. The van der Waals surface area contributed by atoms with Gasteiger partial charge in [-0.2, -0.15) is 0 Å². The van der Waals surface area contributed by atoms with E-state index in [1.165, 1.54) is 11.3 Å². The number of nitrogens with zero attached hydrogens (tertiary/aromatic N) is 2. The van der Waals surface area contributed by atoms with Crippen molar-refractivity contribution in [2.45, 2.75) is 25.3 Å². The van der Waals surface area contributed by atoms with Gasteiger partial charge in [0.05, 0.1) is 14.7 Å². The zero-order chi connectivity index (χ0) is 19.7. The number of amides is 2. The number of thiophene rings is 1. The molecule has 0 spiro atoms. The standard InChI is InChI=1S/C19H20BrN3O3S2/c20-17-8-7-16(27-17)19(25)21-13-11-18(24)22(12-13)14-3-5-15(6-4-14)23-9-1-2-10-28(23)26/h3-8,13H,1-2,9-12H2,(H,21,25). The number of hydrogen-bond donors (Lipinski definition) is 1. The first-order valence-corrected chi connectivity index (χ1v) is 12.0. The molecule has 2 aromatic rings. The van der Waals surface area contributed by atoms with Gasteiger partial charge in [0.2, 0.25) is 5.91 Å². The zero-order valence-electron chi connectivity index (χ0n) is 15.1. The Balaban J connectivity index is 1.41. The van der Waals surface area contributed by atoms with Crippen molar-refractivity contribution in [1.29, 1.82) is 0 Å². The lowest BCUT2D eigenvalue weighted by atomic mass is 10.2. The molecule has 9 heteroatoms. The maximum atomic E-state index is 12.5. The van der Waals surface area contributed by atoms with Gasteiger partial charge in [-0.25, -0.2) is 4.21 Å². The number of nitrogens with one attached hydrogen (secondary N) is 1. The monoisotopic (exact) mass is 481 g/mol. The first-order valence-electron chi connectivity index (χ1n) is 9.14. The number of hydrogen-bond acceptors (Lipinski definition) is 4. The Morgan fingerprint density at radius 1 is 1.14 bits per heavy atom. The minimum atomic E-state index is -0.971. The fraction of sp³-hybridized carbons (Fsp3) is 0.368. The molecular formula is C19H20BrN3O3S2. The van der Waals surface area contributed by atoms with Crippen LogP contribution in [0, 0.1) is 0 Å². The largest absolute Gasteiger partial charge is 0.346 e. The van der Waals surface area contributed by atoms with Crippen LogP contribution in [0.5, 0.6) is 0 Å². The van der Waals surface area contributed by atoms with E-state index in [1.807, 2.05) is 34.6 Å². The van der Waals surface area contributed by atoms with Gasteiger partial charge in [0.1, 0.15) is 11.0 Å². The van der Waals surface area contributed by atoms with E-state index in [2.05, 4.69) is 21.2 Å². The maximum absolute atomic E-state index is 12.5. The summed E-state index contributed by atoms with van der Waals surface area (Å²) in [7, 11) is -0.971. The van der Waals surface area contributed by atoms with Crippen LogP contribution in [0.25, 0.3) is 0 Å². The van der Waals surface area contributed by atoms with Gasteiger partial charge in [0.15, 0.2) is 0 Å². The Hall–Kier alpha value is -1.71. The molecule has 2 aliphatic heterocycles. The molecule has 2 aliphatic rings. The Kier molecular flexibility index (Phi) is 5.84. The van der Waals surface area contributed by atoms with E-state index >= 15 is 0 Å². The van der Waals surface area contributed by atoms with E-state index in [0.717, 1.165) is 34.5 Å². The minimum absolute atomic E-state index is 0.00745. The van der Waals surface area contributed by atoms with Gasteiger partial charge in [0, 0.05) is 36.6 Å². The molecule has 2 unspecified atom stereocenters. The summed E-state index contributed by atoms with van der Waals surface area (Å²) >= 11 is 4.72. The fourth-order valence-corrected chi connectivity index (χ4v) is 6.14. The predicted molar refractivity (Wildman–Crippen MR) is 116 cm³/mol. The van der Waals surface area contributed by atoms with E-state index in [1.54, 1.807) is 11.0 Å². The van der Waals surface area contributed by atoms with Crippen LogP contribution in [-0.4, -0.2) is 40.9 Å². The lowest BCUT2D eigenvalue weighted by molar-refractivity contribution is -0.117. The maximum Gasteiger partial charge on any atom is 0.261 e. The molecule has 0 aliphatic carbocycles. The van der Waals surface area contributed by atoms with E-state index in [-0.39, 0.29) is 24.3 Å². The molecule has 1 aromatic heterocycles. The second kappa shape index (κ2) is 8.34. The Morgan fingerprint density at radius 2 is 1.89 bits per heavy atom. The fourth-order valence-electron chi connectivity index (χ4n) is 3.49. The van der Waals surface area contributed by atoms with Gasteiger partial charge in [-0.1, -0.05) is 0 Å². The van der Waals surface area contributed by atoms with Crippen molar-refractivity contribution >= 4 is 61.4 Å². The van der Waals surface area contributed by atoms with Gasteiger partial charge in [-0.15, -0.1) is 11.3 Å². The molecule has 0 saturated carbocycles. The van der Waals surface area contributed by atoms with Crippen LogP contribution in [0.4, 0.5) is 11.4 Å². The highest BCUT2D eigenvalue weighted by Crippen LogP contribution is 2.27. The smallest absolute Gasteiger partial charge is 0.261 e. The SMILES string of the molecule is O=C(NC1CC(=O)N(c2ccc(N3CCCCS3=O)cc2)C1)c1ccc(Br)s1. The summed E-state index contributed by atoms with van der Waals surface area (Å²) in [6.07, 6.45) is 2.33. The summed E-state index contributed by atoms with van der Waals surface area (Å²) in [4.78, 5) is 27.1. The summed E-state index contributed by atoms with van der Waals surface area (Å²) < 4.78 is 15.0. The minimum Gasteiger partial charge on any atom is -0.346 e. The molecule has 0 bridgehead atoms. The molecule has 6 nitrogen and oxygen atoms in total. The summed E-state index contributed by atoms with van der Waals surface area (Å²) in [6, 6.07) is 11.0. The lowest BCUT2D eigenvalue weighted by Crippen LogP contribution is -2.36. The van der Waals surface area contributed by atoms with Crippen LogP contribution in [0.3, 0.4) is 0 Å². The van der Waals surface area contributed by atoms with Crippen molar-refractivity contribution in [3.8, 4) is 0 Å². The van der Waals surface area contributed by atoms with Gasteiger partial charge in [0.25, 0.3) is 5.91 Å². The van der Waals surface area contributed by atoms with E-state index in [9.17, 15) is 13.8 Å². The highest BCUT2D eigenvalue weighted by Gasteiger charge is 2.32. The van der Waals surface area contributed by atoms with Crippen LogP contribution in [0.15, 0.2) is 40.2 Å². The second-order valence-corrected chi connectivity index (χ2v) is 10.8. The van der Waals surface area contributed by atoms with Gasteiger partial charge >= 0.3 is 0 Å². The van der Waals surface area contributed by atoms with Gasteiger partial charge in [-0.05, 0) is 65.2 Å². The molecule has 0 radical (unpaired) electrons.